The lowest BCUT2D eigenvalue weighted by Gasteiger charge is -2.20. The van der Waals surface area contributed by atoms with Crippen LogP contribution in [-0.4, -0.2) is 36.1 Å². The summed E-state index contributed by atoms with van der Waals surface area (Å²) in [7, 11) is 3.15. The first kappa shape index (κ1) is 14.5. The molecule has 18 heavy (non-hydrogen) atoms. The molecule has 0 saturated carbocycles. The molecular weight excluding hydrogens is 247 g/mol. The molecule has 0 fully saturated rings. The Morgan fingerprint density at radius 3 is 2.44 bits per heavy atom. The number of rotatable bonds is 4. The van der Waals surface area contributed by atoms with Crippen molar-refractivity contribution < 1.29 is 23.1 Å². The molecule has 1 atom stereocenters. The molecule has 0 aliphatic rings. The van der Waals surface area contributed by atoms with Crippen LogP contribution in [0.1, 0.15) is 11.1 Å². The highest BCUT2D eigenvalue weighted by Crippen LogP contribution is 2.29. The average molecular weight is 261 g/mol. The van der Waals surface area contributed by atoms with Crippen LogP contribution in [0, 0.1) is 0 Å². The number of carbonyl (C=O) groups is 1. The summed E-state index contributed by atoms with van der Waals surface area (Å²) in [5.74, 6) is -1.06. The van der Waals surface area contributed by atoms with E-state index in [9.17, 15) is 18.0 Å². The first-order valence-electron chi connectivity index (χ1n) is 5.27. The second-order valence-electron chi connectivity index (χ2n) is 4.22. The molecule has 1 aromatic rings. The maximum Gasteiger partial charge on any atom is 0.416 e. The maximum absolute atomic E-state index is 12.5. The van der Waals surface area contributed by atoms with Gasteiger partial charge < -0.3 is 5.11 Å². The normalized spacial score (nSPS) is 13.7. The second kappa shape index (κ2) is 5.39. The van der Waals surface area contributed by atoms with E-state index >= 15 is 0 Å². The van der Waals surface area contributed by atoms with Crippen LogP contribution in [0.25, 0.3) is 0 Å². The summed E-state index contributed by atoms with van der Waals surface area (Å²) in [5.41, 5.74) is -0.409. The standard InChI is InChI=1S/C12H14F3NO2/c1-16(2)10(11(17)18)7-8-4-3-5-9(6-8)12(13,14)15/h3-6,10H,7H2,1-2H3,(H,17,18)/t10-/m0/s1. The number of carboxylic acids is 1. The predicted molar refractivity (Wildman–Crippen MR) is 60.3 cm³/mol. The van der Waals surface area contributed by atoms with Gasteiger partial charge in [0.25, 0.3) is 0 Å². The summed E-state index contributed by atoms with van der Waals surface area (Å²) in [6.45, 7) is 0. The summed E-state index contributed by atoms with van der Waals surface area (Å²) in [6.07, 6.45) is -4.38. The van der Waals surface area contributed by atoms with Crippen molar-refractivity contribution in [2.75, 3.05) is 14.1 Å². The molecule has 0 aliphatic carbocycles. The number of alkyl halides is 3. The SMILES string of the molecule is CN(C)[C@@H](Cc1cccc(C(F)(F)F)c1)C(=O)O. The molecule has 1 rings (SSSR count). The van der Waals surface area contributed by atoms with Crippen LogP contribution in [-0.2, 0) is 17.4 Å². The highest BCUT2D eigenvalue weighted by atomic mass is 19.4. The van der Waals surface area contributed by atoms with Crippen molar-refractivity contribution in [3.05, 3.63) is 35.4 Å². The van der Waals surface area contributed by atoms with E-state index in [-0.39, 0.29) is 6.42 Å². The van der Waals surface area contributed by atoms with Crippen molar-refractivity contribution in [1.29, 1.82) is 0 Å². The van der Waals surface area contributed by atoms with E-state index in [4.69, 9.17) is 5.11 Å². The lowest BCUT2D eigenvalue weighted by atomic mass is 10.0. The van der Waals surface area contributed by atoms with Crippen LogP contribution < -0.4 is 0 Å². The van der Waals surface area contributed by atoms with E-state index in [1.807, 2.05) is 0 Å². The fourth-order valence-corrected chi connectivity index (χ4v) is 1.59. The Morgan fingerprint density at radius 1 is 1.39 bits per heavy atom. The summed E-state index contributed by atoms with van der Waals surface area (Å²) < 4.78 is 37.5. The molecule has 0 unspecified atom stereocenters. The molecule has 3 nitrogen and oxygen atoms in total. The average Bonchev–Trinajstić information content (AvgIpc) is 2.24. The van der Waals surface area contributed by atoms with Gasteiger partial charge in [-0.15, -0.1) is 0 Å². The van der Waals surface area contributed by atoms with Gasteiger partial charge in [-0.05, 0) is 32.1 Å². The van der Waals surface area contributed by atoms with Crippen LogP contribution in [0.2, 0.25) is 0 Å². The van der Waals surface area contributed by atoms with E-state index < -0.39 is 23.8 Å². The van der Waals surface area contributed by atoms with Gasteiger partial charge in [0.2, 0.25) is 0 Å². The van der Waals surface area contributed by atoms with Gasteiger partial charge in [-0.1, -0.05) is 18.2 Å². The Hall–Kier alpha value is -1.56. The largest absolute Gasteiger partial charge is 0.480 e. The zero-order valence-corrected chi connectivity index (χ0v) is 10.0. The van der Waals surface area contributed by atoms with Crippen LogP contribution >= 0.6 is 0 Å². The molecule has 100 valence electrons. The van der Waals surface area contributed by atoms with E-state index in [1.165, 1.54) is 17.0 Å². The van der Waals surface area contributed by atoms with Crippen molar-refractivity contribution in [1.82, 2.24) is 4.90 Å². The molecule has 0 aliphatic heterocycles. The van der Waals surface area contributed by atoms with E-state index in [0.717, 1.165) is 12.1 Å². The Morgan fingerprint density at radius 2 is 2.00 bits per heavy atom. The molecule has 0 amide bonds. The van der Waals surface area contributed by atoms with Gasteiger partial charge in [-0.25, -0.2) is 0 Å². The van der Waals surface area contributed by atoms with Gasteiger partial charge >= 0.3 is 12.1 Å². The Bertz CT molecular complexity index is 430. The number of carboxylic acid groups (broad SMARTS) is 1. The molecule has 6 heteroatoms. The smallest absolute Gasteiger partial charge is 0.416 e. The van der Waals surface area contributed by atoms with E-state index in [2.05, 4.69) is 0 Å². The van der Waals surface area contributed by atoms with Crippen LogP contribution in [0.5, 0.6) is 0 Å². The third-order valence-corrected chi connectivity index (χ3v) is 2.59. The van der Waals surface area contributed by atoms with Crippen molar-refractivity contribution in [3.63, 3.8) is 0 Å². The molecule has 1 N–H and O–H groups in total. The van der Waals surface area contributed by atoms with Crippen molar-refractivity contribution in [2.45, 2.75) is 18.6 Å². The molecule has 1 aromatic carbocycles. The highest BCUT2D eigenvalue weighted by molar-refractivity contribution is 5.73. The van der Waals surface area contributed by atoms with Gasteiger partial charge in [0.05, 0.1) is 5.56 Å². The summed E-state index contributed by atoms with van der Waals surface area (Å²) in [6, 6.07) is 3.89. The van der Waals surface area contributed by atoms with Gasteiger partial charge in [0, 0.05) is 0 Å². The molecule has 0 spiro atoms. The maximum atomic E-state index is 12.5. The number of hydrogen-bond donors (Lipinski definition) is 1. The number of hydrogen-bond acceptors (Lipinski definition) is 2. The molecule has 0 aromatic heterocycles. The number of halogens is 3. The molecule has 0 saturated heterocycles. The molecule has 0 radical (unpaired) electrons. The Balaban J connectivity index is 2.94. The number of nitrogens with zero attached hydrogens (tertiary/aromatic N) is 1. The zero-order chi connectivity index (χ0) is 13.9. The van der Waals surface area contributed by atoms with Crippen molar-refractivity contribution in [2.24, 2.45) is 0 Å². The minimum Gasteiger partial charge on any atom is -0.480 e. The Labute approximate surface area is 103 Å². The van der Waals surface area contributed by atoms with Gasteiger partial charge in [-0.2, -0.15) is 13.2 Å². The minimum atomic E-state index is -4.41. The summed E-state index contributed by atoms with van der Waals surface area (Å²) in [4.78, 5) is 12.4. The number of likely N-dealkylation sites (N-methyl/N-ethyl adjacent to an activating group) is 1. The third kappa shape index (κ3) is 3.73. The highest BCUT2D eigenvalue weighted by Gasteiger charge is 2.30. The van der Waals surface area contributed by atoms with Crippen LogP contribution in [0.15, 0.2) is 24.3 Å². The number of aliphatic carboxylic acids is 1. The molecule has 0 heterocycles. The van der Waals surface area contributed by atoms with Crippen LogP contribution in [0.3, 0.4) is 0 Å². The first-order chi connectivity index (χ1) is 8.21. The number of benzene rings is 1. The Kier molecular flexibility index (Phi) is 4.34. The quantitative estimate of drug-likeness (QED) is 0.903. The lowest BCUT2D eigenvalue weighted by Crippen LogP contribution is -2.37. The summed E-state index contributed by atoms with van der Waals surface area (Å²) in [5, 5.41) is 8.97. The molecule has 0 bridgehead atoms. The third-order valence-electron chi connectivity index (χ3n) is 2.59. The zero-order valence-electron chi connectivity index (χ0n) is 10.0. The van der Waals surface area contributed by atoms with Gasteiger partial charge in [-0.3, -0.25) is 9.69 Å². The minimum absolute atomic E-state index is 0.0340. The second-order valence-corrected chi connectivity index (χ2v) is 4.22. The fraction of sp³-hybridized carbons (Fsp3) is 0.417. The van der Waals surface area contributed by atoms with Gasteiger partial charge in [0.1, 0.15) is 6.04 Å². The predicted octanol–water partition coefficient (Wildman–Crippen LogP) is 2.26. The summed E-state index contributed by atoms with van der Waals surface area (Å²) >= 11 is 0. The molecular formula is C12H14F3NO2. The van der Waals surface area contributed by atoms with Crippen molar-refractivity contribution in [3.8, 4) is 0 Å². The lowest BCUT2D eigenvalue weighted by molar-refractivity contribution is -0.142. The van der Waals surface area contributed by atoms with E-state index in [0.29, 0.717) is 5.56 Å². The fourth-order valence-electron chi connectivity index (χ4n) is 1.59. The first-order valence-corrected chi connectivity index (χ1v) is 5.27. The topological polar surface area (TPSA) is 40.5 Å². The monoisotopic (exact) mass is 261 g/mol. The van der Waals surface area contributed by atoms with Crippen molar-refractivity contribution >= 4 is 5.97 Å². The van der Waals surface area contributed by atoms with Crippen LogP contribution in [0.4, 0.5) is 13.2 Å². The van der Waals surface area contributed by atoms with Gasteiger partial charge in [0.15, 0.2) is 0 Å². The van der Waals surface area contributed by atoms with E-state index in [1.54, 1.807) is 14.1 Å².